The molecule has 4 heteroatoms. The Morgan fingerprint density at radius 1 is 1.50 bits per heavy atom. The van der Waals surface area contributed by atoms with Gasteiger partial charge in [-0.1, -0.05) is 20.8 Å². The SMILES string of the molecule is CCc1cc(COCC(C)(C)CO)n(C)n1. The van der Waals surface area contributed by atoms with Crippen LogP contribution in [0.4, 0.5) is 0 Å². The molecule has 0 fully saturated rings. The van der Waals surface area contributed by atoms with Crippen molar-refractivity contribution in [1.29, 1.82) is 0 Å². The average Bonchev–Trinajstić information content (AvgIpc) is 2.60. The van der Waals surface area contributed by atoms with Crippen LogP contribution in [0.1, 0.15) is 32.2 Å². The first-order valence-corrected chi connectivity index (χ1v) is 5.69. The van der Waals surface area contributed by atoms with E-state index in [4.69, 9.17) is 9.84 Å². The van der Waals surface area contributed by atoms with Crippen LogP contribution in [-0.4, -0.2) is 28.1 Å². The largest absolute Gasteiger partial charge is 0.396 e. The number of rotatable bonds is 6. The van der Waals surface area contributed by atoms with Crippen molar-refractivity contribution in [2.24, 2.45) is 12.5 Å². The van der Waals surface area contributed by atoms with Crippen LogP contribution in [-0.2, 0) is 24.8 Å². The van der Waals surface area contributed by atoms with Crippen LogP contribution < -0.4 is 0 Å². The lowest BCUT2D eigenvalue weighted by atomic mass is 9.97. The van der Waals surface area contributed by atoms with Crippen LogP contribution in [0.2, 0.25) is 0 Å². The molecule has 0 spiro atoms. The van der Waals surface area contributed by atoms with E-state index in [-0.39, 0.29) is 12.0 Å². The zero-order chi connectivity index (χ0) is 12.2. The Morgan fingerprint density at radius 3 is 2.69 bits per heavy atom. The molecule has 16 heavy (non-hydrogen) atoms. The van der Waals surface area contributed by atoms with Gasteiger partial charge in [0.2, 0.25) is 0 Å². The summed E-state index contributed by atoms with van der Waals surface area (Å²) in [6, 6.07) is 2.06. The van der Waals surface area contributed by atoms with Gasteiger partial charge in [-0.05, 0) is 12.5 Å². The first-order valence-electron chi connectivity index (χ1n) is 5.69. The van der Waals surface area contributed by atoms with E-state index in [1.54, 1.807) is 0 Å². The van der Waals surface area contributed by atoms with Crippen LogP contribution in [0.3, 0.4) is 0 Å². The fourth-order valence-corrected chi connectivity index (χ4v) is 1.36. The normalized spacial score (nSPS) is 12.1. The number of nitrogens with zero attached hydrogens (tertiary/aromatic N) is 2. The van der Waals surface area contributed by atoms with Gasteiger partial charge in [0, 0.05) is 12.5 Å². The predicted octanol–water partition coefficient (Wildman–Crippen LogP) is 1.52. The number of aryl methyl sites for hydroxylation is 2. The highest BCUT2D eigenvalue weighted by molar-refractivity contribution is 5.09. The van der Waals surface area contributed by atoms with Crippen LogP contribution in [0.5, 0.6) is 0 Å². The van der Waals surface area contributed by atoms with Gasteiger partial charge in [0.05, 0.1) is 31.2 Å². The standard InChI is InChI=1S/C12H22N2O2/c1-5-10-6-11(14(4)13-10)7-16-9-12(2,3)8-15/h6,15H,5,7-9H2,1-4H3. The summed E-state index contributed by atoms with van der Waals surface area (Å²) in [5, 5.41) is 13.4. The van der Waals surface area contributed by atoms with Gasteiger partial charge in [0.25, 0.3) is 0 Å². The second-order valence-electron chi connectivity index (χ2n) is 4.92. The van der Waals surface area contributed by atoms with Gasteiger partial charge in [0.15, 0.2) is 0 Å². The van der Waals surface area contributed by atoms with Crippen molar-refractivity contribution in [3.05, 3.63) is 17.5 Å². The first-order chi connectivity index (χ1) is 7.48. The Bertz CT molecular complexity index is 332. The molecule has 1 rings (SSSR count). The lowest BCUT2D eigenvalue weighted by Gasteiger charge is -2.21. The molecule has 1 aromatic heterocycles. The molecule has 1 aromatic rings. The van der Waals surface area contributed by atoms with E-state index < -0.39 is 0 Å². The molecule has 4 nitrogen and oxygen atoms in total. The van der Waals surface area contributed by atoms with Crippen molar-refractivity contribution in [1.82, 2.24) is 9.78 Å². The minimum atomic E-state index is -0.174. The molecule has 0 saturated carbocycles. The van der Waals surface area contributed by atoms with Crippen LogP contribution >= 0.6 is 0 Å². The minimum Gasteiger partial charge on any atom is -0.396 e. The third-order valence-electron chi connectivity index (χ3n) is 2.56. The minimum absolute atomic E-state index is 0.137. The molecule has 0 aromatic carbocycles. The number of aromatic nitrogens is 2. The number of aliphatic hydroxyl groups excluding tert-OH is 1. The number of aliphatic hydroxyl groups is 1. The maximum atomic E-state index is 9.09. The smallest absolute Gasteiger partial charge is 0.0885 e. The maximum absolute atomic E-state index is 9.09. The van der Waals surface area contributed by atoms with Gasteiger partial charge < -0.3 is 9.84 Å². The van der Waals surface area contributed by atoms with E-state index in [0.717, 1.165) is 17.8 Å². The molecule has 0 atom stereocenters. The van der Waals surface area contributed by atoms with E-state index >= 15 is 0 Å². The summed E-state index contributed by atoms with van der Waals surface area (Å²) >= 11 is 0. The second kappa shape index (κ2) is 5.46. The Morgan fingerprint density at radius 2 is 2.19 bits per heavy atom. The Labute approximate surface area is 97.2 Å². The van der Waals surface area contributed by atoms with Crippen LogP contribution in [0, 0.1) is 5.41 Å². The molecule has 92 valence electrons. The molecule has 0 aliphatic rings. The third kappa shape index (κ3) is 3.61. The number of ether oxygens (including phenoxy) is 1. The summed E-state index contributed by atoms with van der Waals surface area (Å²) in [5.41, 5.74) is 1.99. The van der Waals surface area contributed by atoms with E-state index in [9.17, 15) is 0 Å². The van der Waals surface area contributed by atoms with E-state index in [0.29, 0.717) is 13.2 Å². The Balaban J connectivity index is 2.45. The summed E-state index contributed by atoms with van der Waals surface area (Å²) in [6.45, 7) is 7.28. The topological polar surface area (TPSA) is 47.3 Å². The summed E-state index contributed by atoms with van der Waals surface area (Å²) in [6.07, 6.45) is 0.940. The van der Waals surface area contributed by atoms with Crippen molar-refractivity contribution in [3.8, 4) is 0 Å². The highest BCUT2D eigenvalue weighted by atomic mass is 16.5. The van der Waals surface area contributed by atoms with Gasteiger partial charge in [-0.15, -0.1) is 0 Å². The van der Waals surface area contributed by atoms with Gasteiger partial charge in [-0.3, -0.25) is 4.68 Å². The monoisotopic (exact) mass is 226 g/mol. The summed E-state index contributed by atoms with van der Waals surface area (Å²) in [5.74, 6) is 0. The molecule has 0 aliphatic carbocycles. The van der Waals surface area contributed by atoms with Crippen molar-refractivity contribution in [3.63, 3.8) is 0 Å². The quantitative estimate of drug-likeness (QED) is 0.800. The first kappa shape index (κ1) is 13.2. The lowest BCUT2D eigenvalue weighted by Crippen LogP contribution is -2.23. The zero-order valence-corrected chi connectivity index (χ0v) is 10.7. The third-order valence-corrected chi connectivity index (χ3v) is 2.56. The molecule has 0 aliphatic heterocycles. The van der Waals surface area contributed by atoms with Gasteiger partial charge in [0.1, 0.15) is 0 Å². The molecule has 1 heterocycles. The predicted molar refractivity (Wildman–Crippen MR) is 63.1 cm³/mol. The molecule has 1 N–H and O–H groups in total. The van der Waals surface area contributed by atoms with Gasteiger partial charge in [-0.2, -0.15) is 5.10 Å². The van der Waals surface area contributed by atoms with E-state index in [2.05, 4.69) is 18.1 Å². The lowest BCUT2D eigenvalue weighted by molar-refractivity contribution is 0.0175. The Kier molecular flexibility index (Phi) is 4.50. The second-order valence-corrected chi connectivity index (χ2v) is 4.92. The highest BCUT2D eigenvalue weighted by Gasteiger charge is 2.16. The summed E-state index contributed by atoms with van der Waals surface area (Å²) in [7, 11) is 1.93. The highest BCUT2D eigenvalue weighted by Crippen LogP contribution is 2.15. The van der Waals surface area contributed by atoms with Crippen molar-refractivity contribution >= 4 is 0 Å². The van der Waals surface area contributed by atoms with Crippen molar-refractivity contribution in [2.45, 2.75) is 33.8 Å². The van der Waals surface area contributed by atoms with Crippen molar-refractivity contribution < 1.29 is 9.84 Å². The fourth-order valence-electron chi connectivity index (χ4n) is 1.36. The fraction of sp³-hybridized carbons (Fsp3) is 0.750. The van der Waals surface area contributed by atoms with Crippen LogP contribution in [0.15, 0.2) is 6.07 Å². The molecular formula is C12H22N2O2. The van der Waals surface area contributed by atoms with Gasteiger partial charge in [-0.25, -0.2) is 0 Å². The number of hydrogen-bond acceptors (Lipinski definition) is 3. The number of hydrogen-bond donors (Lipinski definition) is 1. The summed E-state index contributed by atoms with van der Waals surface area (Å²) < 4.78 is 7.45. The molecule has 0 unspecified atom stereocenters. The van der Waals surface area contributed by atoms with E-state index in [1.807, 2.05) is 25.6 Å². The molecule has 0 amide bonds. The molecule has 0 saturated heterocycles. The van der Waals surface area contributed by atoms with Crippen LogP contribution in [0.25, 0.3) is 0 Å². The Hall–Kier alpha value is -0.870. The maximum Gasteiger partial charge on any atom is 0.0885 e. The van der Waals surface area contributed by atoms with Crippen molar-refractivity contribution in [2.75, 3.05) is 13.2 Å². The van der Waals surface area contributed by atoms with E-state index in [1.165, 1.54) is 0 Å². The summed E-state index contributed by atoms with van der Waals surface area (Å²) in [4.78, 5) is 0. The molecule has 0 bridgehead atoms. The average molecular weight is 226 g/mol. The zero-order valence-electron chi connectivity index (χ0n) is 10.7. The molecular weight excluding hydrogens is 204 g/mol. The molecule has 0 radical (unpaired) electrons. The van der Waals surface area contributed by atoms with Gasteiger partial charge >= 0.3 is 0 Å².